The van der Waals surface area contributed by atoms with Crippen molar-refractivity contribution in [2.75, 3.05) is 9.80 Å². The number of anilines is 3. The smallest absolute Gasteiger partial charge is 0.234 e. The zero-order valence-electron chi connectivity index (χ0n) is 21.7. The van der Waals surface area contributed by atoms with E-state index in [2.05, 4.69) is 112 Å². The number of hydrogen-bond donors (Lipinski definition) is 1. The summed E-state index contributed by atoms with van der Waals surface area (Å²) in [5, 5.41) is 3.58. The molecule has 1 N–H and O–H groups in total. The predicted molar refractivity (Wildman–Crippen MR) is 163 cm³/mol. The van der Waals surface area contributed by atoms with Gasteiger partial charge >= 0.3 is 0 Å². The number of benzene rings is 4. The molecule has 4 aromatic carbocycles. The second kappa shape index (κ2) is 9.20. The second-order valence-electron chi connectivity index (χ2n) is 10.1. The van der Waals surface area contributed by atoms with E-state index in [1.54, 1.807) is 0 Å². The lowest BCUT2D eigenvalue weighted by Gasteiger charge is -2.32. The fourth-order valence-corrected chi connectivity index (χ4v) is 5.90. The number of allylic oxidation sites excluding steroid dienone is 2. The van der Waals surface area contributed by atoms with Crippen molar-refractivity contribution >= 4 is 34.7 Å². The van der Waals surface area contributed by atoms with Crippen molar-refractivity contribution in [1.82, 2.24) is 5.32 Å². The Balaban J connectivity index is 1.37. The summed E-state index contributed by atoms with van der Waals surface area (Å²) < 4.78 is 0. The Hall–Kier alpha value is -5.23. The molecule has 0 fully saturated rings. The highest BCUT2D eigenvalue weighted by Crippen LogP contribution is 2.45. The van der Waals surface area contributed by atoms with Crippen LogP contribution in [0.1, 0.15) is 22.9 Å². The van der Waals surface area contributed by atoms with Gasteiger partial charge in [0.05, 0.1) is 29.1 Å². The molecule has 0 amide bonds. The van der Waals surface area contributed by atoms with Crippen molar-refractivity contribution in [3.8, 4) is 0 Å². The van der Waals surface area contributed by atoms with E-state index in [0.717, 1.165) is 45.4 Å². The topological polar surface area (TPSA) is 55.6 Å². The summed E-state index contributed by atoms with van der Waals surface area (Å²) in [6, 6.07) is 37.7. The van der Waals surface area contributed by atoms with Crippen molar-refractivity contribution in [2.45, 2.75) is 18.2 Å². The van der Waals surface area contributed by atoms with Gasteiger partial charge in [0.1, 0.15) is 17.8 Å². The van der Waals surface area contributed by atoms with Crippen molar-refractivity contribution in [1.29, 1.82) is 0 Å². The van der Waals surface area contributed by atoms with E-state index < -0.39 is 0 Å². The van der Waals surface area contributed by atoms with Gasteiger partial charge in [0, 0.05) is 11.1 Å². The van der Waals surface area contributed by atoms with Crippen LogP contribution in [0.5, 0.6) is 0 Å². The number of para-hydroxylation sites is 3. The first-order valence-electron chi connectivity index (χ1n) is 13.6. The summed E-state index contributed by atoms with van der Waals surface area (Å²) in [5.41, 5.74) is 6.26. The number of amidine groups is 2. The molecule has 40 heavy (non-hydrogen) atoms. The van der Waals surface area contributed by atoms with Crippen LogP contribution in [-0.4, -0.2) is 29.7 Å². The van der Waals surface area contributed by atoms with Crippen LogP contribution in [-0.2, 0) is 0 Å². The Labute approximate surface area is 233 Å². The van der Waals surface area contributed by atoms with Gasteiger partial charge in [-0.2, -0.15) is 4.99 Å². The molecule has 3 atom stereocenters. The van der Waals surface area contributed by atoms with Crippen LogP contribution in [0.25, 0.3) is 0 Å². The lowest BCUT2D eigenvalue weighted by molar-refractivity contribution is 0.671. The first kappa shape index (κ1) is 22.7. The van der Waals surface area contributed by atoms with Gasteiger partial charge in [-0.1, -0.05) is 109 Å². The first-order valence-corrected chi connectivity index (χ1v) is 13.6. The van der Waals surface area contributed by atoms with E-state index in [4.69, 9.17) is 15.0 Å². The number of nitrogens with one attached hydrogen (secondary N) is 1. The van der Waals surface area contributed by atoms with E-state index in [0.29, 0.717) is 5.96 Å². The van der Waals surface area contributed by atoms with Crippen molar-refractivity contribution < 1.29 is 0 Å². The second-order valence-corrected chi connectivity index (χ2v) is 10.1. The lowest BCUT2D eigenvalue weighted by Crippen LogP contribution is -2.39. The third-order valence-corrected chi connectivity index (χ3v) is 7.74. The van der Waals surface area contributed by atoms with Crippen LogP contribution >= 0.6 is 0 Å². The molecule has 0 saturated carbocycles. The zero-order valence-corrected chi connectivity index (χ0v) is 21.7. The van der Waals surface area contributed by atoms with Gasteiger partial charge in [0.15, 0.2) is 0 Å². The maximum atomic E-state index is 5.23. The number of aliphatic imine (C=N–C) groups is 3. The van der Waals surface area contributed by atoms with Gasteiger partial charge in [-0.05, 0) is 29.8 Å². The van der Waals surface area contributed by atoms with Crippen LogP contribution in [0, 0.1) is 0 Å². The van der Waals surface area contributed by atoms with Crippen LogP contribution < -0.4 is 15.1 Å². The quantitative estimate of drug-likeness (QED) is 0.335. The molecule has 3 heterocycles. The molecule has 6 nitrogen and oxygen atoms in total. The molecule has 0 bridgehead atoms. The summed E-state index contributed by atoms with van der Waals surface area (Å²) in [7, 11) is 0. The van der Waals surface area contributed by atoms with Gasteiger partial charge in [-0.15, -0.1) is 0 Å². The Bertz CT molecular complexity index is 1750. The number of guanidine groups is 1. The molecule has 4 aliphatic rings. The van der Waals surface area contributed by atoms with Crippen molar-refractivity contribution in [3.05, 3.63) is 150 Å². The molecule has 192 valence electrons. The van der Waals surface area contributed by atoms with Crippen LogP contribution in [0.4, 0.5) is 17.1 Å². The fraction of sp³-hybridized carbons (Fsp3) is 0.0882. The molecular formula is C34H26N6. The molecule has 6 heteroatoms. The average molecular weight is 519 g/mol. The van der Waals surface area contributed by atoms with Crippen molar-refractivity contribution in [3.63, 3.8) is 0 Å². The molecule has 0 spiro atoms. The normalized spacial score (nSPS) is 22.1. The minimum atomic E-state index is -0.292. The average Bonchev–Trinajstić information content (AvgIpc) is 3.36. The van der Waals surface area contributed by atoms with E-state index in [1.807, 2.05) is 36.4 Å². The number of nitrogens with zero attached hydrogens (tertiary/aromatic N) is 5. The molecular weight excluding hydrogens is 492 g/mol. The molecule has 1 aliphatic carbocycles. The molecule has 0 aromatic heterocycles. The van der Waals surface area contributed by atoms with Crippen LogP contribution in [0.3, 0.4) is 0 Å². The number of rotatable bonds is 2. The minimum Gasteiger partial charge on any atom is -0.344 e. The highest BCUT2D eigenvalue weighted by Gasteiger charge is 2.41. The molecule has 0 saturated heterocycles. The molecule has 0 radical (unpaired) electrons. The summed E-state index contributed by atoms with van der Waals surface area (Å²) >= 11 is 0. The van der Waals surface area contributed by atoms with Gasteiger partial charge < -0.3 is 10.2 Å². The Morgan fingerprint density at radius 2 is 1.30 bits per heavy atom. The number of fused-ring (bicyclic) bond motifs is 7. The van der Waals surface area contributed by atoms with Crippen LogP contribution in [0.2, 0.25) is 0 Å². The maximum Gasteiger partial charge on any atom is 0.234 e. The molecule has 4 aromatic rings. The molecule has 3 aliphatic heterocycles. The van der Waals surface area contributed by atoms with Gasteiger partial charge in [-0.25, -0.2) is 4.99 Å². The number of hydrogen-bond acceptors (Lipinski definition) is 6. The SMILES string of the molecule is C1=CC2N=C3c4ccccc4N(C4=NC(c5ccccc5)NC(c5ccccc5)=N4)c4ccccc4N3C2C=C1. The van der Waals surface area contributed by atoms with Crippen LogP contribution in [0.15, 0.2) is 148 Å². The van der Waals surface area contributed by atoms with E-state index >= 15 is 0 Å². The monoisotopic (exact) mass is 518 g/mol. The third kappa shape index (κ3) is 3.61. The first-order chi connectivity index (χ1) is 19.8. The highest BCUT2D eigenvalue weighted by atomic mass is 15.4. The zero-order chi connectivity index (χ0) is 26.5. The summed E-state index contributed by atoms with van der Waals surface area (Å²) in [6.07, 6.45) is 8.35. The Morgan fingerprint density at radius 1 is 0.625 bits per heavy atom. The van der Waals surface area contributed by atoms with E-state index in [-0.39, 0.29) is 18.2 Å². The summed E-state index contributed by atoms with van der Waals surface area (Å²) in [4.78, 5) is 20.2. The van der Waals surface area contributed by atoms with Gasteiger partial charge in [0.25, 0.3) is 0 Å². The minimum absolute atomic E-state index is 0.0778. The largest absolute Gasteiger partial charge is 0.344 e. The van der Waals surface area contributed by atoms with E-state index in [1.165, 1.54) is 0 Å². The summed E-state index contributed by atoms with van der Waals surface area (Å²) in [5.74, 6) is 2.39. The maximum absolute atomic E-state index is 5.23. The highest BCUT2D eigenvalue weighted by molar-refractivity contribution is 6.24. The lowest BCUT2D eigenvalue weighted by atomic mass is 10.0. The third-order valence-electron chi connectivity index (χ3n) is 7.74. The molecule has 8 rings (SSSR count). The predicted octanol–water partition coefficient (Wildman–Crippen LogP) is 6.37. The van der Waals surface area contributed by atoms with Crippen molar-refractivity contribution in [2.24, 2.45) is 15.0 Å². The fourth-order valence-electron chi connectivity index (χ4n) is 5.90. The van der Waals surface area contributed by atoms with E-state index in [9.17, 15) is 0 Å². The standard InChI is InChI=1S/C34H26N6/c1-3-13-23(14-4-1)31-36-32(24-15-5-2-6-16-24)38-34(37-31)40-27-19-9-7-17-25(27)33-35-26-18-8-10-20-28(26)39(33)29-21-11-12-22-30(29)40/h1-22,26,28,31H,(H,36,37,38). The Kier molecular flexibility index (Phi) is 5.23. The molecule has 3 unspecified atom stereocenters. The Morgan fingerprint density at radius 3 is 2.12 bits per heavy atom. The summed E-state index contributed by atoms with van der Waals surface area (Å²) in [6.45, 7) is 0. The van der Waals surface area contributed by atoms with Gasteiger partial charge in [0.2, 0.25) is 5.96 Å². The van der Waals surface area contributed by atoms with Gasteiger partial charge in [-0.3, -0.25) is 9.89 Å².